The number of amides is 2. The highest BCUT2D eigenvalue weighted by atomic mass is 79.9. The van der Waals surface area contributed by atoms with Crippen LogP contribution < -0.4 is 10.1 Å². The van der Waals surface area contributed by atoms with Gasteiger partial charge in [0.05, 0.1) is 23.7 Å². The first-order valence-corrected chi connectivity index (χ1v) is 11.6. The molecule has 2 atom stereocenters. The summed E-state index contributed by atoms with van der Waals surface area (Å²) < 4.78 is 11.3. The second-order valence-electron chi connectivity index (χ2n) is 8.11. The topological polar surface area (TPSA) is 91.3 Å². The number of piperidine rings is 1. The lowest BCUT2D eigenvalue weighted by Crippen LogP contribution is -2.55. The van der Waals surface area contributed by atoms with Gasteiger partial charge in [-0.15, -0.1) is 0 Å². The average Bonchev–Trinajstić information content (AvgIpc) is 3.31. The van der Waals surface area contributed by atoms with E-state index in [1.54, 1.807) is 19.2 Å². The lowest BCUT2D eigenvalue weighted by Gasteiger charge is -2.38. The molecule has 0 aliphatic carbocycles. The van der Waals surface area contributed by atoms with Crippen LogP contribution in [0, 0.1) is 0 Å². The molecule has 31 heavy (non-hydrogen) atoms. The molecule has 1 aromatic carbocycles. The van der Waals surface area contributed by atoms with Crippen LogP contribution in [0.3, 0.4) is 0 Å². The summed E-state index contributed by atoms with van der Waals surface area (Å²) in [5.74, 6) is 0.0243. The highest BCUT2D eigenvalue weighted by molar-refractivity contribution is 9.10. The van der Waals surface area contributed by atoms with E-state index in [4.69, 9.17) is 9.47 Å². The van der Waals surface area contributed by atoms with E-state index < -0.39 is 5.91 Å². The van der Waals surface area contributed by atoms with E-state index >= 15 is 0 Å². The number of phenolic OH excluding ortho intramolecular Hbond substituents is 1. The fourth-order valence-corrected chi connectivity index (χ4v) is 4.67. The van der Waals surface area contributed by atoms with Crippen LogP contribution in [0.2, 0.25) is 0 Å². The first-order chi connectivity index (χ1) is 14.9. The summed E-state index contributed by atoms with van der Waals surface area (Å²) in [6.45, 7) is 4.12. The molecule has 1 aromatic rings. The molecular weight excluding hydrogens is 466 g/mol. The van der Waals surface area contributed by atoms with Crippen molar-refractivity contribution in [3.8, 4) is 11.5 Å². The van der Waals surface area contributed by atoms with Crippen molar-refractivity contribution in [2.75, 3.05) is 46.9 Å². The van der Waals surface area contributed by atoms with E-state index in [2.05, 4.69) is 26.1 Å². The minimum Gasteiger partial charge on any atom is -0.506 e. The van der Waals surface area contributed by atoms with Crippen LogP contribution in [0.4, 0.5) is 0 Å². The van der Waals surface area contributed by atoms with Crippen LogP contribution in [-0.4, -0.2) is 85.8 Å². The van der Waals surface area contributed by atoms with Gasteiger partial charge in [0, 0.05) is 39.7 Å². The molecule has 2 aliphatic rings. The molecule has 3 rings (SSSR count). The lowest BCUT2D eigenvalue weighted by atomic mass is 10.00. The van der Waals surface area contributed by atoms with Crippen LogP contribution in [-0.2, 0) is 9.53 Å². The summed E-state index contributed by atoms with van der Waals surface area (Å²) in [6, 6.07) is 3.09. The Labute approximate surface area is 192 Å². The van der Waals surface area contributed by atoms with E-state index in [0.29, 0.717) is 23.2 Å². The summed E-state index contributed by atoms with van der Waals surface area (Å²) in [5, 5.41) is 13.3. The normalized spacial score (nSPS) is 21.8. The second kappa shape index (κ2) is 11.2. The van der Waals surface area contributed by atoms with Crippen LogP contribution in [0.25, 0.3) is 0 Å². The highest BCUT2D eigenvalue weighted by Gasteiger charge is 2.32. The lowest BCUT2D eigenvalue weighted by molar-refractivity contribution is -0.130. The monoisotopic (exact) mass is 497 g/mol. The van der Waals surface area contributed by atoms with Gasteiger partial charge in [0.2, 0.25) is 5.91 Å². The number of benzene rings is 1. The van der Waals surface area contributed by atoms with Gasteiger partial charge in [0.25, 0.3) is 5.91 Å². The van der Waals surface area contributed by atoms with Gasteiger partial charge in [0.1, 0.15) is 17.1 Å². The Balaban J connectivity index is 1.52. The molecule has 0 spiro atoms. The zero-order chi connectivity index (χ0) is 22.4. The van der Waals surface area contributed by atoms with Crippen LogP contribution in [0.15, 0.2) is 16.6 Å². The number of halogens is 1. The summed E-state index contributed by atoms with van der Waals surface area (Å²) in [5.41, 5.74) is 0.106. The fraction of sp³-hybridized carbons (Fsp3) is 0.636. The first-order valence-electron chi connectivity index (χ1n) is 10.8. The predicted octanol–water partition coefficient (Wildman–Crippen LogP) is 2.39. The standard InChI is InChI=1S/C22H32BrN3O5/c1-30-17-8-7-15(23)21(28)20(17)22(29)24-16-9-13-25(14-18(16)31-2)10-5-6-19(27)26-11-3-4-12-26/h7-8,16,18,28H,3-6,9-14H2,1-2H3,(H,24,29)/t16-,18+/m0/s1. The zero-order valence-corrected chi connectivity index (χ0v) is 19.8. The smallest absolute Gasteiger partial charge is 0.259 e. The van der Waals surface area contributed by atoms with Crippen molar-refractivity contribution < 1.29 is 24.2 Å². The number of carbonyl (C=O) groups is 2. The Hall–Kier alpha value is -1.84. The average molecular weight is 498 g/mol. The number of hydrogen-bond donors (Lipinski definition) is 2. The molecule has 2 fully saturated rings. The SMILES string of the molecule is COc1ccc(Br)c(O)c1C(=O)N[C@H]1CCN(CCCC(=O)N2CCCC2)C[C@H]1OC. The maximum atomic E-state index is 12.9. The van der Waals surface area contributed by atoms with Gasteiger partial charge in [-0.25, -0.2) is 0 Å². The van der Waals surface area contributed by atoms with Gasteiger partial charge in [-0.2, -0.15) is 0 Å². The van der Waals surface area contributed by atoms with Crippen molar-refractivity contribution in [3.05, 3.63) is 22.2 Å². The number of aromatic hydroxyl groups is 1. The third-order valence-electron chi connectivity index (χ3n) is 6.12. The summed E-state index contributed by atoms with van der Waals surface area (Å²) in [6.07, 6.45) is 4.19. The molecule has 0 saturated carbocycles. The van der Waals surface area contributed by atoms with Crippen molar-refractivity contribution in [2.24, 2.45) is 0 Å². The predicted molar refractivity (Wildman–Crippen MR) is 121 cm³/mol. The van der Waals surface area contributed by atoms with Crippen molar-refractivity contribution in [2.45, 2.75) is 44.2 Å². The van der Waals surface area contributed by atoms with E-state index in [9.17, 15) is 14.7 Å². The Kier molecular flexibility index (Phi) is 8.57. The van der Waals surface area contributed by atoms with Crippen molar-refractivity contribution in [3.63, 3.8) is 0 Å². The van der Waals surface area contributed by atoms with Gasteiger partial charge >= 0.3 is 0 Å². The molecule has 9 heteroatoms. The van der Waals surface area contributed by atoms with E-state index in [-0.39, 0.29) is 29.4 Å². The number of nitrogens with zero attached hydrogens (tertiary/aromatic N) is 2. The quantitative estimate of drug-likeness (QED) is 0.572. The summed E-state index contributed by atoms with van der Waals surface area (Å²) >= 11 is 3.25. The molecular formula is C22H32BrN3O5. The molecule has 0 aromatic heterocycles. The maximum absolute atomic E-state index is 12.9. The molecule has 0 unspecified atom stereocenters. The minimum absolute atomic E-state index is 0.106. The number of nitrogens with one attached hydrogen (secondary N) is 1. The van der Waals surface area contributed by atoms with E-state index in [1.807, 2.05) is 4.90 Å². The van der Waals surface area contributed by atoms with E-state index in [0.717, 1.165) is 51.9 Å². The summed E-state index contributed by atoms with van der Waals surface area (Å²) in [7, 11) is 3.10. The zero-order valence-electron chi connectivity index (χ0n) is 18.2. The molecule has 2 N–H and O–H groups in total. The number of methoxy groups -OCH3 is 2. The second-order valence-corrected chi connectivity index (χ2v) is 8.96. The number of hydrogen-bond acceptors (Lipinski definition) is 6. The molecule has 172 valence electrons. The highest BCUT2D eigenvalue weighted by Crippen LogP contribution is 2.34. The van der Waals surface area contributed by atoms with E-state index in [1.165, 1.54) is 7.11 Å². The first kappa shape index (κ1) is 23.8. The molecule has 0 radical (unpaired) electrons. The van der Waals surface area contributed by atoms with Crippen LogP contribution in [0.5, 0.6) is 11.5 Å². The third kappa shape index (κ3) is 5.90. The molecule has 2 saturated heterocycles. The number of phenols is 1. The fourth-order valence-electron chi connectivity index (χ4n) is 4.34. The van der Waals surface area contributed by atoms with Gasteiger partial charge in [-0.3, -0.25) is 9.59 Å². The van der Waals surface area contributed by atoms with Gasteiger partial charge < -0.3 is 29.7 Å². The molecule has 2 heterocycles. The minimum atomic E-state index is -0.396. The van der Waals surface area contributed by atoms with Crippen molar-refractivity contribution in [1.29, 1.82) is 0 Å². The molecule has 2 aliphatic heterocycles. The Morgan fingerprint density at radius 3 is 2.65 bits per heavy atom. The number of carbonyl (C=O) groups excluding carboxylic acids is 2. The third-order valence-corrected chi connectivity index (χ3v) is 6.76. The molecule has 0 bridgehead atoms. The number of likely N-dealkylation sites (tertiary alicyclic amines) is 2. The Morgan fingerprint density at radius 1 is 1.23 bits per heavy atom. The van der Waals surface area contributed by atoms with Crippen molar-refractivity contribution >= 4 is 27.7 Å². The molecule has 2 amide bonds. The summed E-state index contributed by atoms with van der Waals surface area (Å²) in [4.78, 5) is 29.4. The van der Waals surface area contributed by atoms with Crippen LogP contribution >= 0.6 is 15.9 Å². The van der Waals surface area contributed by atoms with Gasteiger partial charge in [-0.1, -0.05) is 0 Å². The van der Waals surface area contributed by atoms with Gasteiger partial charge in [0.15, 0.2) is 0 Å². The molecule has 8 nitrogen and oxygen atoms in total. The van der Waals surface area contributed by atoms with Crippen LogP contribution in [0.1, 0.15) is 42.5 Å². The largest absolute Gasteiger partial charge is 0.506 e. The number of ether oxygens (including phenoxy) is 2. The van der Waals surface area contributed by atoms with Crippen molar-refractivity contribution in [1.82, 2.24) is 15.1 Å². The Morgan fingerprint density at radius 2 is 1.97 bits per heavy atom. The van der Waals surface area contributed by atoms with Gasteiger partial charge in [-0.05, 0) is 60.3 Å². The maximum Gasteiger partial charge on any atom is 0.259 e. The Bertz CT molecular complexity index is 785. The number of rotatable bonds is 8.